The van der Waals surface area contributed by atoms with E-state index in [0.29, 0.717) is 0 Å². The fraction of sp³-hybridized carbons (Fsp3) is 0.300. The maximum atomic E-state index is 11.7. The Bertz CT molecular complexity index is 375. The number of methoxy groups -OCH3 is 1. The number of thiocarbonyl (C=S) groups is 1. The zero-order valence-electron chi connectivity index (χ0n) is 9.26. The van der Waals surface area contributed by atoms with E-state index in [1.807, 2.05) is 0 Å². The summed E-state index contributed by atoms with van der Waals surface area (Å²) in [5.41, 5.74) is 0.0619. The number of likely N-dealkylation sites (N-methyl/N-ethyl adjacent to an activating group) is 2. The van der Waals surface area contributed by atoms with Crippen LogP contribution >= 0.6 is 12.2 Å². The number of carbonyl (C=O) groups is 2. The molecule has 86 valence electrons. The SMILES string of the molecule is CO/C=C/C=C1C(=O)N(C)C(=S)N(C)C1=O. The second kappa shape index (κ2) is 4.89. The van der Waals surface area contributed by atoms with Gasteiger partial charge < -0.3 is 4.74 Å². The van der Waals surface area contributed by atoms with Crippen LogP contribution in [0.15, 0.2) is 24.0 Å². The van der Waals surface area contributed by atoms with Gasteiger partial charge in [0.2, 0.25) is 0 Å². The number of hydrogen-bond acceptors (Lipinski definition) is 4. The van der Waals surface area contributed by atoms with Gasteiger partial charge in [0.05, 0.1) is 13.4 Å². The number of amides is 2. The van der Waals surface area contributed by atoms with Crippen LogP contribution in [0.2, 0.25) is 0 Å². The molecule has 1 aliphatic heterocycles. The summed E-state index contributed by atoms with van der Waals surface area (Å²) in [6.07, 6.45) is 4.27. The molecule has 1 rings (SSSR count). The highest BCUT2D eigenvalue weighted by Crippen LogP contribution is 2.14. The Balaban J connectivity index is 3.05. The first-order valence-corrected chi connectivity index (χ1v) is 4.91. The van der Waals surface area contributed by atoms with Crippen LogP contribution in [0.5, 0.6) is 0 Å². The minimum atomic E-state index is -0.408. The molecule has 1 saturated heterocycles. The smallest absolute Gasteiger partial charge is 0.265 e. The molecule has 5 nitrogen and oxygen atoms in total. The van der Waals surface area contributed by atoms with Gasteiger partial charge in [0.15, 0.2) is 5.11 Å². The molecular formula is C10H12N2O3S. The minimum Gasteiger partial charge on any atom is -0.504 e. The largest absolute Gasteiger partial charge is 0.504 e. The third-order valence-corrected chi connectivity index (χ3v) is 2.67. The lowest BCUT2D eigenvalue weighted by atomic mass is 10.1. The molecule has 1 fully saturated rings. The molecule has 0 bridgehead atoms. The quantitative estimate of drug-likeness (QED) is 0.301. The van der Waals surface area contributed by atoms with Gasteiger partial charge in [-0.25, -0.2) is 0 Å². The zero-order valence-corrected chi connectivity index (χ0v) is 10.1. The predicted molar refractivity (Wildman–Crippen MR) is 62.4 cm³/mol. The fourth-order valence-electron chi connectivity index (χ4n) is 1.21. The second-order valence-electron chi connectivity index (χ2n) is 3.16. The molecule has 0 aromatic carbocycles. The molecule has 0 N–H and O–H groups in total. The van der Waals surface area contributed by atoms with E-state index in [9.17, 15) is 9.59 Å². The van der Waals surface area contributed by atoms with E-state index in [0.717, 1.165) is 0 Å². The number of allylic oxidation sites excluding steroid dienone is 2. The summed E-state index contributed by atoms with van der Waals surface area (Å²) in [6.45, 7) is 0. The third kappa shape index (κ3) is 2.11. The van der Waals surface area contributed by atoms with Gasteiger partial charge in [-0.2, -0.15) is 0 Å². The zero-order chi connectivity index (χ0) is 12.3. The van der Waals surface area contributed by atoms with Gasteiger partial charge in [0, 0.05) is 14.1 Å². The Morgan fingerprint density at radius 1 is 1.19 bits per heavy atom. The third-order valence-electron chi connectivity index (χ3n) is 2.12. The monoisotopic (exact) mass is 240 g/mol. The van der Waals surface area contributed by atoms with Gasteiger partial charge in [-0.1, -0.05) is 0 Å². The molecule has 0 atom stereocenters. The number of ether oxygens (including phenoxy) is 1. The molecule has 0 radical (unpaired) electrons. The summed E-state index contributed by atoms with van der Waals surface area (Å²) in [5.74, 6) is -0.817. The van der Waals surface area contributed by atoms with Crippen LogP contribution < -0.4 is 0 Å². The van der Waals surface area contributed by atoms with E-state index >= 15 is 0 Å². The van der Waals surface area contributed by atoms with Crippen molar-refractivity contribution in [3.05, 3.63) is 24.0 Å². The Labute approximate surface area is 99.0 Å². The van der Waals surface area contributed by atoms with Gasteiger partial charge in [-0.15, -0.1) is 0 Å². The van der Waals surface area contributed by atoms with Crippen molar-refractivity contribution < 1.29 is 14.3 Å². The normalized spacial score (nSPS) is 17.4. The molecule has 0 aromatic heterocycles. The summed E-state index contributed by atoms with van der Waals surface area (Å²) >= 11 is 4.93. The van der Waals surface area contributed by atoms with Crippen LogP contribution in [0, 0.1) is 0 Å². The Morgan fingerprint density at radius 2 is 1.69 bits per heavy atom. The van der Waals surface area contributed by atoms with Crippen molar-refractivity contribution in [2.45, 2.75) is 0 Å². The molecule has 0 aliphatic carbocycles. The standard InChI is InChI=1S/C10H12N2O3S/c1-11-8(13)7(5-4-6-15-3)9(14)12(2)10(11)16/h4-6H,1-3H3/b6-4+. The average Bonchev–Trinajstić information content (AvgIpc) is 2.28. The van der Waals surface area contributed by atoms with Crippen molar-refractivity contribution in [1.29, 1.82) is 0 Å². The van der Waals surface area contributed by atoms with Crippen molar-refractivity contribution in [1.82, 2.24) is 9.80 Å². The van der Waals surface area contributed by atoms with Gasteiger partial charge in [-0.05, 0) is 24.4 Å². The summed E-state index contributed by atoms with van der Waals surface area (Å²) in [7, 11) is 4.54. The number of nitrogens with zero attached hydrogens (tertiary/aromatic N) is 2. The summed E-state index contributed by atoms with van der Waals surface area (Å²) in [5, 5.41) is 0.197. The topological polar surface area (TPSA) is 49.9 Å². The Morgan fingerprint density at radius 3 is 2.12 bits per heavy atom. The maximum absolute atomic E-state index is 11.7. The first kappa shape index (κ1) is 12.4. The summed E-state index contributed by atoms with van der Waals surface area (Å²) < 4.78 is 4.68. The van der Waals surface area contributed by atoms with E-state index < -0.39 is 11.8 Å². The highest BCUT2D eigenvalue weighted by molar-refractivity contribution is 7.80. The van der Waals surface area contributed by atoms with Crippen LogP contribution in [0.25, 0.3) is 0 Å². The maximum Gasteiger partial charge on any atom is 0.265 e. The molecule has 0 spiro atoms. The molecule has 2 amide bonds. The van der Waals surface area contributed by atoms with Crippen LogP contribution in [-0.4, -0.2) is 47.9 Å². The number of hydrogen-bond donors (Lipinski definition) is 0. The molecule has 1 aliphatic rings. The van der Waals surface area contributed by atoms with E-state index in [4.69, 9.17) is 12.2 Å². The lowest BCUT2D eigenvalue weighted by Gasteiger charge is -2.31. The van der Waals surface area contributed by atoms with Crippen LogP contribution in [-0.2, 0) is 14.3 Å². The van der Waals surface area contributed by atoms with E-state index in [1.165, 1.54) is 49.4 Å². The Kier molecular flexibility index (Phi) is 3.78. The van der Waals surface area contributed by atoms with Crippen molar-refractivity contribution in [3.8, 4) is 0 Å². The average molecular weight is 240 g/mol. The van der Waals surface area contributed by atoms with Crippen LogP contribution in [0.4, 0.5) is 0 Å². The van der Waals surface area contributed by atoms with Crippen molar-refractivity contribution in [3.63, 3.8) is 0 Å². The molecule has 0 unspecified atom stereocenters. The molecule has 0 aromatic rings. The summed E-state index contributed by atoms with van der Waals surface area (Å²) in [4.78, 5) is 26.0. The van der Waals surface area contributed by atoms with E-state index in [-0.39, 0.29) is 10.7 Å². The lowest BCUT2D eigenvalue weighted by molar-refractivity contribution is -0.132. The van der Waals surface area contributed by atoms with Crippen LogP contribution in [0.3, 0.4) is 0 Å². The second-order valence-corrected chi connectivity index (χ2v) is 3.52. The fourth-order valence-corrected chi connectivity index (χ4v) is 1.37. The lowest BCUT2D eigenvalue weighted by Crippen LogP contribution is -2.52. The van der Waals surface area contributed by atoms with E-state index in [1.54, 1.807) is 0 Å². The number of carbonyl (C=O) groups excluding carboxylic acids is 2. The Hall–Kier alpha value is -1.69. The predicted octanol–water partition coefficient (Wildman–Crippen LogP) is 0.288. The van der Waals surface area contributed by atoms with Gasteiger partial charge in [-0.3, -0.25) is 19.4 Å². The van der Waals surface area contributed by atoms with Crippen molar-refractivity contribution in [2.75, 3.05) is 21.2 Å². The molecular weight excluding hydrogens is 228 g/mol. The highest BCUT2D eigenvalue weighted by Gasteiger charge is 2.34. The highest BCUT2D eigenvalue weighted by atomic mass is 32.1. The van der Waals surface area contributed by atoms with Crippen LogP contribution in [0.1, 0.15) is 0 Å². The van der Waals surface area contributed by atoms with Gasteiger partial charge >= 0.3 is 0 Å². The molecule has 1 heterocycles. The molecule has 0 saturated carbocycles. The minimum absolute atomic E-state index is 0.0619. The number of rotatable bonds is 2. The van der Waals surface area contributed by atoms with Crippen molar-refractivity contribution >= 4 is 29.1 Å². The van der Waals surface area contributed by atoms with Gasteiger partial charge in [0.1, 0.15) is 5.57 Å². The van der Waals surface area contributed by atoms with E-state index in [2.05, 4.69) is 4.74 Å². The summed E-state index contributed by atoms with van der Waals surface area (Å²) in [6, 6.07) is 0. The van der Waals surface area contributed by atoms with Crippen molar-refractivity contribution in [2.24, 2.45) is 0 Å². The molecule has 16 heavy (non-hydrogen) atoms. The first-order valence-electron chi connectivity index (χ1n) is 4.50. The van der Waals surface area contributed by atoms with Gasteiger partial charge in [0.25, 0.3) is 11.8 Å². The first-order chi connectivity index (χ1) is 7.50. The molecule has 6 heteroatoms.